The second kappa shape index (κ2) is 4.86. The number of hydrogen-bond donors (Lipinski definition) is 1. The molecule has 1 N–H and O–H groups in total. The molecule has 2 rings (SSSR count). The molecule has 3 heteroatoms. The van der Waals surface area contributed by atoms with Crippen molar-refractivity contribution in [1.29, 1.82) is 0 Å². The Balaban J connectivity index is 2.20. The molecule has 0 saturated carbocycles. The summed E-state index contributed by atoms with van der Waals surface area (Å²) in [6, 6.07) is 4.74. The highest BCUT2D eigenvalue weighted by molar-refractivity contribution is 7.12. The van der Waals surface area contributed by atoms with Crippen LogP contribution in [0.25, 0.3) is 0 Å². The topological polar surface area (TPSA) is 21.3 Å². The third-order valence-electron chi connectivity index (χ3n) is 3.44. The average Bonchev–Trinajstić information content (AvgIpc) is 2.66. The van der Waals surface area contributed by atoms with Gasteiger partial charge in [-0.3, -0.25) is 0 Å². The molecule has 1 saturated heterocycles. The van der Waals surface area contributed by atoms with Gasteiger partial charge < -0.3 is 10.1 Å². The molecule has 1 aliphatic rings. The SMILES string of the molecule is CNC(c1ccc(C)s1)C1(C)CCCCO1. The lowest BCUT2D eigenvalue weighted by atomic mass is 9.87. The molecular formula is C13H21NOS. The Kier molecular flexibility index (Phi) is 3.67. The zero-order chi connectivity index (χ0) is 11.6. The Hall–Kier alpha value is -0.380. The Morgan fingerprint density at radius 1 is 1.44 bits per heavy atom. The molecule has 0 amide bonds. The fourth-order valence-corrected chi connectivity index (χ4v) is 3.67. The standard InChI is InChI=1S/C13H21NOS/c1-10-6-7-11(16-10)12(14-3)13(2)8-4-5-9-15-13/h6-7,12,14H,4-5,8-9H2,1-3H3. The van der Waals surface area contributed by atoms with E-state index in [1.54, 1.807) is 0 Å². The molecule has 0 aliphatic carbocycles. The zero-order valence-electron chi connectivity index (χ0n) is 10.4. The maximum absolute atomic E-state index is 6.03. The van der Waals surface area contributed by atoms with Gasteiger partial charge in [0.15, 0.2) is 0 Å². The van der Waals surface area contributed by atoms with Gasteiger partial charge in [-0.15, -0.1) is 11.3 Å². The van der Waals surface area contributed by atoms with E-state index in [0.29, 0.717) is 6.04 Å². The van der Waals surface area contributed by atoms with E-state index in [1.165, 1.54) is 22.6 Å². The molecular weight excluding hydrogens is 218 g/mol. The van der Waals surface area contributed by atoms with Crippen LogP contribution in [0.2, 0.25) is 0 Å². The summed E-state index contributed by atoms with van der Waals surface area (Å²) in [6.07, 6.45) is 3.63. The van der Waals surface area contributed by atoms with E-state index >= 15 is 0 Å². The number of nitrogens with one attached hydrogen (secondary N) is 1. The molecule has 0 aromatic carbocycles. The minimum atomic E-state index is -0.0374. The highest BCUT2D eigenvalue weighted by Gasteiger charge is 2.37. The smallest absolute Gasteiger partial charge is 0.0856 e. The van der Waals surface area contributed by atoms with Crippen LogP contribution < -0.4 is 5.32 Å². The zero-order valence-corrected chi connectivity index (χ0v) is 11.2. The van der Waals surface area contributed by atoms with Crippen LogP contribution in [0, 0.1) is 6.92 Å². The van der Waals surface area contributed by atoms with Crippen molar-refractivity contribution in [2.45, 2.75) is 44.8 Å². The maximum Gasteiger partial charge on any atom is 0.0856 e. The lowest BCUT2D eigenvalue weighted by Gasteiger charge is -2.40. The lowest BCUT2D eigenvalue weighted by molar-refractivity contribution is -0.0877. The minimum absolute atomic E-state index is 0.0374. The van der Waals surface area contributed by atoms with Crippen molar-refractivity contribution in [3.8, 4) is 0 Å². The molecule has 1 aliphatic heterocycles. The van der Waals surface area contributed by atoms with Crippen molar-refractivity contribution in [1.82, 2.24) is 5.32 Å². The maximum atomic E-state index is 6.03. The van der Waals surface area contributed by atoms with E-state index in [9.17, 15) is 0 Å². The van der Waals surface area contributed by atoms with Crippen LogP contribution >= 0.6 is 11.3 Å². The highest BCUT2D eigenvalue weighted by atomic mass is 32.1. The predicted molar refractivity (Wildman–Crippen MR) is 69.1 cm³/mol. The van der Waals surface area contributed by atoms with Crippen LogP contribution in [0.4, 0.5) is 0 Å². The van der Waals surface area contributed by atoms with E-state index in [0.717, 1.165) is 13.0 Å². The quantitative estimate of drug-likeness (QED) is 0.874. The largest absolute Gasteiger partial charge is 0.373 e. The molecule has 2 unspecified atom stereocenters. The molecule has 2 heterocycles. The van der Waals surface area contributed by atoms with E-state index in [1.807, 2.05) is 18.4 Å². The molecule has 0 radical (unpaired) electrons. The Labute approximate surface area is 102 Å². The van der Waals surface area contributed by atoms with Gasteiger partial charge in [0.2, 0.25) is 0 Å². The molecule has 16 heavy (non-hydrogen) atoms. The van der Waals surface area contributed by atoms with Gasteiger partial charge in [0.1, 0.15) is 0 Å². The average molecular weight is 239 g/mol. The summed E-state index contributed by atoms with van der Waals surface area (Å²) in [7, 11) is 2.03. The second-order valence-electron chi connectivity index (χ2n) is 4.79. The van der Waals surface area contributed by atoms with Gasteiger partial charge in [-0.25, -0.2) is 0 Å². The summed E-state index contributed by atoms with van der Waals surface area (Å²) in [6.45, 7) is 5.30. The van der Waals surface area contributed by atoms with E-state index in [4.69, 9.17) is 4.74 Å². The van der Waals surface area contributed by atoms with Gasteiger partial charge in [-0.1, -0.05) is 0 Å². The van der Waals surface area contributed by atoms with Gasteiger partial charge in [0.25, 0.3) is 0 Å². The first-order valence-corrected chi connectivity index (χ1v) is 6.85. The van der Waals surface area contributed by atoms with E-state index < -0.39 is 0 Å². The van der Waals surface area contributed by atoms with Crippen LogP contribution in [0.15, 0.2) is 12.1 Å². The van der Waals surface area contributed by atoms with Crippen molar-refractivity contribution < 1.29 is 4.74 Å². The van der Waals surface area contributed by atoms with Gasteiger partial charge in [-0.2, -0.15) is 0 Å². The van der Waals surface area contributed by atoms with Crippen LogP contribution in [-0.2, 0) is 4.74 Å². The van der Waals surface area contributed by atoms with Gasteiger partial charge in [0.05, 0.1) is 11.6 Å². The van der Waals surface area contributed by atoms with Crippen LogP contribution in [0.1, 0.15) is 42.0 Å². The lowest BCUT2D eigenvalue weighted by Crippen LogP contribution is -2.44. The number of ether oxygens (including phenoxy) is 1. The summed E-state index contributed by atoms with van der Waals surface area (Å²) >= 11 is 1.87. The first-order valence-electron chi connectivity index (χ1n) is 6.03. The number of rotatable bonds is 3. The molecule has 2 nitrogen and oxygen atoms in total. The summed E-state index contributed by atoms with van der Waals surface area (Å²) < 4.78 is 6.03. The molecule has 0 spiro atoms. The van der Waals surface area contributed by atoms with Gasteiger partial charge in [-0.05, 0) is 52.3 Å². The predicted octanol–water partition coefficient (Wildman–Crippen LogP) is 3.28. The molecule has 2 atom stereocenters. The van der Waals surface area contributed by atoms with Crippen molar-refractivity contribution in [3.63, 3.8) is 0 Å². The molecule has 1 aromatic heterocycles. The van der Waals surface area contributed by atoms with Gasteiger partial charge >= 0.3 is 0 Å². The van der Waals surface area contributed by atoms with Crippen molar-refractivity contribution in [3.05, 3.63) is 21.9 Å². The van der Waals surface area contributed by atoms with Crippen LogP contribution in [-0.4, -0.2) is 19.3 Å². The third kappa shape index (κ3) is 2.31. The Morgan fingerprint density at radius 3 is 2.75 bits per heavy atom. The summed E-state index contributed by atoms with van der Waals surface area (Å²) in [4.78, 5) is 2.76. The second-order valence-corrected chi connectivity index (χ2v) is 6.11. The summed E-state index contributed by atoms with van der Waals surface area (Å²) in [5, 5.41) is 3.43. The summed E-state index contributed by atoms with van der Waals surface area (Å²) in [5.74, 6) is 0. The third-order valence-corrected chi connectivity index (χ3v) is 4.51. The number of thiophene rings is 1. The molecule has 1 aromatic rings. The Morgan fingerprint density at radius 2 is 2.25 bits per heavy atom. The fourth-order valence-electron chi connectivity index (χ4n) is 2.54. The van der Waals surface area contributed by atoms with Crippen molar-refractivity contribution in [2.24, 2.45) is 0 Å². The Bertz CT molecular complexity index is 341. The van der Waals surface area contributed by atoms with Crippen LogP contribution in [0.3, 0.4) is 0 Å². The molecule has 90 valence electrons. The molecule has 0 bridgehead atoms. The minimum Gasteiger partial charge on any atom is -0.373 e. The number of likely N-dealkylation sites (N-methyl/N-ethyl adjacent to an activating group) is 1. The first-order chi connectivity index (χ1) is 7.65. The van der Waals surface area contributed by atoms with Crippen molar-refractivity contribution >= 4 is 11.3 Å². The number of aryl methyl sites for hydroxylation is 1. The first kappa shape index (κ1) is 12.1. The normalized spacial score (nSPS) is 27.9. The highest BCUT2D eigenvalue weighted by Crippen LogP contribution is 2.38. The number of hydrogen-bond acceptors (Lipinski definition) is 3. The fraction of sp³-hybridized carbons (Fsp3) is 0.692. The van der Waals surface area contributed by atoms with Crippen LogP contribution in [0.5, 0.6) is 0 Å². The molecule has 1 fully saturated rings. The van der Waals surface area contributed by atoms with Crippen molar-refractivity contribution in [2.75, 3.05) is 13.7 Å². The monoisotopic (exact) mass is 239 g/mol. The van der Waals surface area contributed by atoms with E-state index in [2.05, 4.69) is 31.3 Å². The van der Waals surface area contributed by atoms with Gasteiger partial charge in [0, 0.05) is 16.4 Å². The summed E-state index contributed by atoms with van der Waals surface area (Å²) in [5.41, 5.74) is -0.0374. The van der Waals surface area contributed by atoms with E-state index in [-0.39, 0.29) is 5.60 Å².